The van der Waals surface area contributed by atoms with Crippen molar-refractivity contribution in [2.24, 2.45) is 0 Å². The highest BCUT2D eigenvalue weighted by molar-refractivity contribution is 6.43. The van der Waals surface area contributed by atoms with Gasteiger partial charge in [0.05, 0.1) is 34.2 Å². The van der Waals surface area contributed by atoms with Crippen LogP contribution in [0.3, 0.4) is 0 Å². The van der Waals surface area contributed by atoms with Gasteiger partial charge in [0.1, 0.15) is 0 Å². The highest BCUT2D eigenvalue weighted by atomic mass is 35.5. The zero-order chi connectivity index (χ0) is 22.8. The average Bonchev–Trinajstić information content (AvgIpc) is 3.29. The molecule has 5 nitrogen and oxygen atoms in total. The summed E-state index contributed by atoms with van der Waals surface area (Å²) in [5.41, 5.74) is 5.89. The minimum absolute atomic E-state index is 0. The van der Waals surface area contributed by atoms with Gasteiger partial charge in [0.2, 0.25) is 0 Å². The lowest BCUT2D eigenvalue weighted by molar-refractivity contribution is 0.0751. The van der Waals surface area contributed by atoms with Gasteiger partial charge in [0.25, 0.3) is 5.91 Å². The van der Waals surface area contributed by atoms with Crippen LogP contribution in [0.1, 0.15) is 21.6 Å². The highest BCUT2D eigenvalue weighted by Crippen LogP contribution is 2.33. The Hall–Kier alpha value is -2.70. The first-order chi connectivity index (χ1) is 16.1. The maximum Gasteiger partial charge on any atom is 0.255 e. The molecule has 5 rings (SSSR count). The molecule has 0 atom stereocenters. The number of imidazole rings is 1. The van der Waals surface area contributed by atoms with E-state index in [1.54, 1.807) is 24.5 Å². The van der Waals surface area contributed by atoms with Crippen molar-refractivity contribution >= 4 is 59.6 Å². The SMILES string of the molecule is Cl.Cl.O=C(c1cccc(Cl)c1Cl)N1CCN(Cc2cnc[nH]2)c2ccc(-c3ccccc3)cc2C1. The van der Waals surface area contributed by atoms with Gasteiger partial charge >= 0.3 is 0 Å². The fourth-order valence-electron chi connectivity index (χ4n) is 4.23. The molecule has 2 heterocycles. The number of aromatic amines is 1. The summed E-state index contributed by atoms with van der Waals surface area (Å²) in [6.45, 7) is 2.40. The van der Waals surface area contributed by atoms with E-state index in [9.17, 15) is 4.79 Å². The molecule has 0 saturated carbocycles. The van der Waals surface area contributed by atoms with Crippen molar-refractivity contribution in [3.63, 3.8) is 0 Å². The number of nitrogens with one attached hydrogen (secondary N) is 1. The predicted octanol–water partition coefficient (Wildman–Crippen LogP) is 6.89. The smallest absolute Gasteiger partial charge is 0.255 e. The second-order valence-corrected chi connectivity index (χ2v) is 8.82. The molecule has 1 aliphatic rings. The number of carbonyl (C=O) groups excluding carboxylic acids is 1. The van der Waals surface area contributed by atoms with Gasteiger partial charge < -0.3 is 14.8 Å². The molecule has 0 fully saturated rings. The molecule has 1 aromatic heterocycles. The maximum atomic E-state index is 13.5. The fourth-order valence-corrected chi connectivity index (χ4v) is 4.61. The number of rotatable bonds is 4. The molecule has 1 aliphatic heterocycles. The Morgan fingerprint density at radius 2 is 1.74 bits per heavy atom. The van der Waals surface area contributed by atoms with Crippen molar-refractivity contribution < 1.29 is 4.79 Å². The van der Waals surface area contributed by atoms with Crippen LogP contribution in [0, 0.1) is 0 Å². The van der Waals surface area contributed by atoms with Gasteiger partial charge in [0.15, 0.2) is 0 Å². The Kier molecular flexibility index (Phi) is 9.09. The van der Waals surface area contributed by atoms with Gasteiger partial charge in [-0.25, -0.2) is 4.98 Å². The summed E-state index contributed by atoms with van der Waals surface area (Å²) >= 11 is 12.6. The molecular weight excluding hydrogens is 526 g/mol. The number of anilines is 1. The first-order valence-electron chi connectivity index (χ1n) is 10.7. The Morgan fingerprint density at radius 3 is 2.49 bits per heavy atom. The molecule has 0 aliphatic carbocycles. The molecule has 0 unspecified atom stereocenters. The van der Waals surface area contributed by atoms with E-state index in [0.29, 0.717) is 41.8 Å². The molecule has 35 heavy (non-hydrogen) atoms. The van der Waals surface area contributed by atoms with Crippen LogP contribution in [0.4, 0.5) is 5.69 Å². The number of nitrogens with zero attached hydrogens (tertiary/aromatic N) is 3. The monoisotopic (exact) mass is 548 g/mol. The number of hydrogen-bond donors (Lipinski definition) is 1. The van der Waals surface area contributed by atoms with Crippen molar-refractivity contribution in [3.05, 3.63) is 106 Å². The minimum atomic E-state index is -0.123. The number of carbonyl (C=O) groups is 1. The third-order valence-electron chi connectivity index (χ3n) is 5.91. The van der Waals surface area contributed by atoms with Crippen molar-refractivity contribution in [2.75, 3.05) is 18.0 Å². The Balaban J connectivity index is 0.00000171. The Morgan fingerprint density at radius 1 is 0.943 bits per heavy atom. The van der Waals surface area contributed by atoms with E-state index in [1.165, 1.54) is 0 Å². The number of halogens is 4. The highest BCUT2D eigenvalue weighted by Gasteiger charge is 2.26. The lowest BCUT2D eigenvalue weighted by Crippen LogP contribution is -2.35. The van der Waals surface area contributed by atoms with Gasteiger partial charge in [-0.05, 0) is 41.0 Å². The average molecular weight is 550 g/mol. The zero-order valence-electron chi connectivity index (χ0n) is 18.7. The summed E-state index contributed by atoms with van der Waals surface area (Å²) in [6, 6.07) is 21.9. The van der Waals surface area contributed by atoms with E-state index < -0.39 is 0 Å². The zero-order valence-corrected chi connectivity index (χ0v) is 21.8. The van der Waals surface area contributed by atoms with Crippen LogP contribution < -0.4 is 4.90 Å². The van der Waals surface area contributed by atoms with E-state index in [4.69, 9.17) is 23.2 Å². The van der Waals surface area contributed by atoms with E-state index in [0.717, 1.165) is 28.1 Å². The van der Waals surface area contributed by atoms with Gasteiger partial charge in [-0.15, -0.1) is 24.8 Å². The first-order valence-corrected chi connectivity index (χ1v) is 11.5. The molecular formula is C26H24Cl4N4O. The molecule has 3 aromatic carbocycles. The summed E-state index contributed by atoms with van der Waals surface area (Å²) in [4.78, 5) is 24.9. The van der Waals surface area contributed by atoms with Crippen molar-refractivity contribution in [3.8, 4) is 11.1 Å². The van der Waals surface area contributed by atoms with E-state index in [-0.39, 0.29) is 30.7 Å². The second kappa shape index (κ2) is 11.8. The van der Waals surface area contributed by atoms with Crippen LogP contribution >= 0.6 is 48.0 Å². The standard InChI is InChI=1S/C26H22Cl2N4O.2ClH/c27-23-8-4-7-22(25(23)28)26(33)32-12-11-31(16-21-14-29-17-30-21)24-10-9-19(13-20(24)15-32)18-5-2-1-3-6-18;;/h1-10,13-14,17H,11-12,15-16H2,(H,29,30);2*1H. The van der Waals surface area contributed by atoms with Gasteiger partial charge in [-0.2, -0.15) is 0 Å². The molecule has 0 spiro atoms. The minimum Gasteiger partial charge on any atom is -0.364 e. The molecule has 9 heteroatoms. The van der Waals surface area contributed by atoms with E-state index in [2.05, 4.69) is 45.2 Å². The normalized spacial score (nSPS) is 12.7. The summed E-state index contributed by atoms with van der Waals surface area (Å²) in [5.74, 6) is -0.123. The number of aromatic nitrogens is 2. The Bertz CT molecular complexity index is 1280. The maximum absolute atomic E-state index is 13.5. The van der Waals surface area contributed by atoms with Crippen LogP contribution in [-0.2, 0) is 13.1 Å². The summed E-state index contributed by atoms with van der Waals surface area (Å²) in [7, 11) is 0. The van der Waals surface area contributed by atoms with Crippen molar-refractivity contribution in [2.45, 2.75) is 13.1 Å². The van der Waals surface area contributed by atoms with Crippen LogP contribution in [-0.4, -0.2) is 33.9 Å². The summed E-state index contributed by atoms with van der Waals surface area (Å²) < 4.78 is 0. The van der Waals surface area contributed by atoms with Crippen LogP contribution in [0.5, 0.6) is 0 Å². The lowest BCUT2D eigenvalue weighted by Gasteiger charge is -2.24. The third kappa shape index (κ3) is 5.76. The van der Waals surface area contributed by atoms with Crippen LogP contribution in [0.2, 0.25) is 10.0 Å². The second-order valence-electron chi connectivity index (χ2n) is 8.04. The topological polar surface area (TPSA) is 52.2 Å². The molecule has 182 valence electrons. The quantitative estimate of drug-likeness (QED) is 0.301. The number of amides is 1. The number of H-pyrrole nitrogens is 1. The van der Waals surface area contributed by atoms with Gasteiger partial charge in [-0.3, -0.25) is 4.79 Å². The summed E-state index contributed by atoms with van der Waals surface area (Å²) in [6.07, 6.45) is 3.51. The predicted molar refractivity (Wildman–Crippen MR) is 147 cm³/mol. The molecule has 1 N–H and O–H groups in total. The number of fused-ring (bicyclic) bond motifs is 1. The third-order valence-corrected chi connectivity index (χ3v) is 6.73. The van der Waals surface area contributed by atoms with Crippen molar-refractivity contribution in [1.82, 2.24) is 14.9 Å². The Labute approximate surface area is 226 Å². The van der Waals surface area contributed by atoms with Crippen LogP contribution in [0.15, 0.2) is 79.3 Å². The van der Waals surface area contributed by atoms with Crippen LogP contribution in [0.25, 0.3) is 11.1 Å². The van der Waals surface area contributed by atoms with E-state index >= 15 is 0 Å². The lowest BCUT2D eigenvalue weighted by atomic mass is 10.0. The fraction of sp³-hybridized carbons (Fsp3) is 0.154. The molecule has 0 saturated heterocycles. The molecule has 4 aromatic rings. The molecule has 0 radical (unpaired) electrons. The molecule has 1 amide bonds. The summed E-state index contributed by atoms with van der Waals surface area (Å²) in [5, 5.41) is 0.672. The van der Waals surface area contributed by atoms with Gasteiger partial charge in [0, 0.05) is 31.5 Å². The van der Waals surface area contributed by atoms with E-state index in [1.807, 2.05) is 29.3 Å². The van der Waals surface area contributed by atoms with Gasteiger partial charge in [-0.1, -0.05) is 65.7 Å². The largest absolute Gasteiger partial charge is 0.364 e. The number of benzene rings is 3. The molecule has 0 bridgehead atoms. The van der Waals surface area contributed by atoms with Crippen molar-refractivity contribution in [1.29, 1.82) is 0 Å². The first kappa shape index (κ1) is 26.9. The number of hydrogen-bond acceptors (Lipinski definition) is 3.